The van der Waals surface area contributed by atoms with Gasteiger partial charge >= 0.3 is 6.09 Å². The molecule has 2 aromatic carbocycles. The molecule has 0 bridgehead atoms. The van der Waals surface area contributed by atoms with Crippen molar-refractivity contribution in [2.45, 2.75) is 71.7 Å². The largest absolute Gasteiger partial charge is 0.444 e. The van der Waals surface area contributed by atoms with Gasteiger partial charge in [-0.05, 0) is 57.4 Å². The molecular formula is C29H37N3O4. The standard InChI is InChI=1S/C29H37N3O4/c1-7-9-19-32(27(34)21(3)31-28(35)36-29(4,5)6)25(24-17-15-22(8-2)16-18-24)26(33)30-20-23-13-11-10-12-14-23/h2,10-18,21,25H,7,9,19-20H2,1,3-6H3,(H,30,33)(H,31,35). The monoisotopic (exact) mass is 491 g/mol. The normalized spacial score (nSPS) is 12.6. The minimum Gasteiger partial charge on any atom is -0.444 e. The van der Waals surface area contributed by atoms with Crippen LogP contribution in [0, 0.1) is 12.3 Å². The lowest BCUT2D eigenvalue weighted by molar-refractivity contribution is -0.142. The van der Waals surface area contributed by atoms with Crippen molar-refractivity contribution < 1.29 is 19.1 Å². The highest BCUT2D eigenvalue weighted by molar-refractivity contribution is 5.92. The van der Waals surface area contributed by atoms with Gasteiger partial charge in [0.15, 0.2) is 0 Å². The van der Waals surface area contributed by atoms with Crippen LogP contribution in [0.3, 0.4) is 0 Å². The number of ether oxygens (including phenoxy) is 1. The van der Waals surface area contributed by atoms with Crippen LogP contribution in [0.15, 0.2) is 54.6 Å². The van der Waals surface area contributed by atoms with E-state index in [-0.39, 0.29) is 11.8 Å². The molecule has 0 heterocycles. The summed E-state index contributed by atoms with van der Waals surface area (Å²) in [4.78, 5) is 41.0. The Bertz CT molecular complexity index is 1050. The quantitative estimate of drug-likeness (QED) is 0.477. The predicted molar refractivity (Wildman–Crippen MR) is 141 cm³/mol. The molecule has 2 rings (SSSR count). The maximum atomic E-state index is 13.6. The fraction of sp³-hybridized carbons (Fsp3) is 0.414. The summed E-state index contributed by atoms with van der Waals surface area (Å²) in [5, 5.41) is 5.57. The molecule has 7 heteroatoms. The van der Waals surface area contributed by atoms with Crippen molar-refractivity contribution in [2.75, 3.05) is 6.54 Å². The molecule has 7 nitrogen and oxygen atoms in total. The van der Waals surface area contributed by atoms with Crippen LogP contribution in [0.25, 0.3) is 0 Å². The first-order chi connectivity index (χ1) is 17.1. The molecule has 0 aliphatic heterocycles. The lowest BCUT2D eigenvalue weighted by Crippen LogP contribution is -2.52. The topological polar surface area (TPSA) is 87.7 Å². The number of unbranched alkanes of at least 4 members (excludes halogenated alkanes) is 1. The van der Waals surface area contributed by atoms with Crippen molar-refractivity contribution in [3.8, 4) is 12.3 Å². The zero-order valence-electron chi connectivity index (χ0n) is 21.8. The molecular weight excluding hydrogens is 454 g/mol. The summed E-state index contributed by atoms with van der Waals surface area (Å²) in [6, 6.07) is 14.8. The highest BCUT2D eigenvalue weighted by Crippen LogP contribution is 2.24. The number of carbonyl (C=O) groups excluding carboxylic acids is 3. The predicted octanol–water partition coefficient (Wildman–Crippen LogP) is 4.57. The highest BCUT2D eigenvalue weighted by atomic mass is 16.6. The molecule has 0 aromatic heterocycles. The summed E-state index contributed by atoms with van der Waals surface area (Å²) in [5.41, 5.74) is 1.55. The smallest absolute Gasteiger partial charge is 0.408 e. The van der Waals surface area contributed by atoms with E-state index in [1.165, 1.54) is 4.90 Å². The number of carbonyl (C=O) groups is 3. The lowest BCUT2D eigenvalue weighted by Gasteiger charge is -2.33. The van der Waals surface area contributed by atoms with E-state index in [0.29, 0.717) is 30.6 Å². The van der Waals surface area contributed by atoms with E-state index in [4.69, 9.17) is 11.2 Å². The molecule has 2 N–H and O–H groups in total. The average Bonchev–Trinajstić information content (AvgIpc) is 2.84. The van der Waals surface area contributed by atoms with Gasteiger partial charge < -0.3 is 20.3 Å². The number of amides is 3. The number of nitrogens with one attached hydrogen (secondary N) is 2. The van der Waals surface area contributed by atoms with Crippen LogP contribution in [0.2, 0.25) is 0 Å². The molecule has 36 heavy (non-hydrogen) atoms. The Morgan fingerprint density at radius 1 is 1.06 bits per heavy atom. The fourth-order valence-electron chi connectivity index (χ4n) is 3.61. The van der Waals surface area contributed by atoms with Gasteiger partial charge in [0.1, 0.15) is 17.7 Å². The minimum atomic E-state index is -0.900. The summed E-state index contributed by atoms with van der Waals surface area (Å²) in [5.74, 6) is 1.87. The van der Waals surface area contributed by atoms with Crippen molar-refractivity contribution in [2.24, 2.45) is 0 Å². The summed E-state index contributed by atoms with van der Waals surface area (Å²) in [6.07, 6.45) is 6.33. The number of hydrogen-bond donors (Lipinski definition) is 2. The van der Waals surface area contributed by atoms with E-state index in [0.717, 1.165) is 12.0 Å². The van der Waals surface area contributed by atoms with Gasteiger partial charge in [0, 0.05) is 18.7 Å². The van der Waals surface area contributed by atoms with E-state index in [1.54, 1.807) is 52.0 Å². The molecule has 0 saturated carbocycles. The maximum absolute atomic E-state index is 13.6. The van der Waals surface area contributed by atoms with Gasteiger partial charge in [0.25, 0.3) is 0 Å². The molecule has 2 atom stereocenters. The number of hydrogen-bond acceptors (Lipinski definition) is 4. The number of alkyl carbamates (subject to hydrolysis) is 1. The molecule has 192 valence electrons. The van der Waals surface area contributed by atoms with Crippen LogP contribution in [-0.2, 0) is 20.9 Å². The second-order valence-corrected chi connectivity index (χ2v) is 9.63. The van der Waals surface area contributed by atoms with Gasteiger partial charge in [-0.15, -0.1) is 6.42 Å². The summed E-state index contributed by atoms with van der Waals surface area (Å²) in [6.45, 7) is 9.51. The molecule has 0 aliphatic carbocycles. The molecule has 2 unspecified atom stereocenters. The van der Waals surface area contributed by atoms with E-state index >= 15 is 0 Å². The number of nitrogens with zero attached hydrogens (tertiary/aromatic N) is 1. The Morgan fingerprint density at radius 2 is 1.69 bits per heavy atom. The zero-order valence-corrected chi connectivity index (χ0v) is 21.8. The van der Waals surface area contributed by atoms with Crippen LogP contribution in [0.1, 0.15) is 70.2 Å². The van der Waals surface area contributed by atoms with Crippen LogP contribution in [0.4, 0.5) is 4.79 Å². The first-order valence-corrected chi connectivity index (χ1v) is 12.2. The van der Waals surface area contributed by atoms with Gasteiger partial charge in [-0.3, -0.25) is 9.59 Å². The van der Waals surface area contributed by atoms with Crippen molar-refractivity contribution in [3.05, 3.63) is 71.3 Å². The van der Waals surface area contributed by atoms with E-state index in [1.807, 2.05) is 37.3 Å². The SMILES string of the molecule is C#Cc1ccc(C(C(=O)NCc2ccccc2)N(CCCC)C(=O)C(C)NC(=O)OC(C)(C)C)cc1. The van der Waals surface area contributed by atoms with E-state index < -0.39 is 23.8 Å². The molecule has 0 saturated heterocycles. The van der Waals surface area contributed by atoms with Gasteiger partial charge in [0.2, 0.25) is 11.8 Å². The Hall–Kier alpha value is -3.79. The van der Waals surface area contributed by atoms with Gasteiger partial charge in [-0.25, -0.2) is 4.79 Å². The molecule has 3 amide bonds. The first kappa shape index (κ1) is 28.4. The third-order valence-corrected chi connectivity index (χ3v) is 5.40. The van der Waals surface area contributed by atoms with Crippen molar-refractivity contribution in [1.29, 1.82) is 0 Å². The average molecular weight is 492 g/mol. The third kappa shape index (κ3) is 8.77. The van der Waals surface area contributed by atoms with Crippen LogP contribution < -0.4 is 10.6 Å². The summed E-state index contributed by atoms with van der Waals surface area (Å²) < 4.78 is 5.31. The maximum Gasteiger partial charge on any atom is 0.408 e. The van der Waals surface area contributed by atoms with Crippen LogP contribution in [-0.4, -0.2) is 41.0 Å². The van der Waals surface area contributed by atoms with Crippen LogP contribution >= 0.6 is 0 Å². The number of rotatable bonds is 10. The number of benzene rings is 2. The Balaban J connectivity index is 2.35. The summed E-state index contributed by atoms with van der Waals surface area (Å²) >= 11 is 0. The van der Waals surface area contributed by atoms with E-state index in [2.05, 4.69) is 16.6 Å². The highest BCUT2D eigenvalue weighted by Gasteiger charge is 2.34. The molecule has 2 aromatic rings. The van der Waals surface area contributed by atoms with Crippen molar-refractivity contribution in [1.82, 2.24) is 15.5 Å². The molecule has 0 fully saturated rings. The minimum absolute atomic E-state index is 0.318. The van der Waals surface area contributed by atoms with Crippen LogP contribution in [0.5, 0.6) is 0 Å². The van der Waals surface area contributed by atoms with E-state index in [9.17, 15) is 14.4 Å². The van der Waals surface area contributed by atoms with Gasteiger partial charge in [-0.2, -0.15) is 0 Å². The molecule has 0 spiro atoms. The Labute approximate surface area is 214 Å². The Kier molecular flexibility index (Phi) is 10.5. The zero-order chi connectivity index (χ0) is 26.7. The lowest BCUT2D eigenvalue weighted by atomic mass is 10.0. The van der Waals surface area contributed by atoms with Crippen molar-refractivity contribution >= 4 is 17.9 Å². The number of terminal acetylenes is 1. The third-order valence-electron chi connectivity index (χ3n) is 5.40. The molecule has 0 radical (unpaired) electrons. The summed E-state index contributed by atoms with van der Waals surface area (Å²) in [7, 11) is 0. The molecule has 0 aliphatic rings. The van der Waals surface area contributed by atoms with Gasteiger partial charge in [0.05, 0.1) is 0 Å². The Morgan fingerprint density at radius 3 is 2.25 bits per heavy atom. The second kappa shape index (κ2) is 13.3. The first-order valence-electron chi connectivity index (χ1n) is 12.2. The fourth-order valence-corrected chi connectivity index (χ4v) is 3.61. The second-order valence-electron chi connectivity index (χ2n) is 9.63. The van der Waals surface area contributed by atoms with Gasteiger partial charge in [-0.1, -0.05) is 61.7 Å². The van der Waals surface area contributed by atoms with Crippen molar-refractivity contribution in [3.63, 3.8) is 0 Å².